The van der Waals surface area contributed by atoms with Crippen molar-refractivity contribution in [3.05, 3.63) is 19.2 Å². The van der Waals surface area contributed by atoms with E-state index in [9.17, 15) is 4.79 Å². The molecule has 1 N–H and O–H groups in total. The molecular formula is C12H14Br2N2OS. The quantitative estimate of drug-likeness (QED) is 0.794. The summed E-state index contributed by atoms with van der Waals surface area (Å²) in [6, 6.07) is 1.91. The van der Waals surface area contributed by atoms with Crippen molar-refractivity contribution in [2.75, 3.05) is 26.2 Å². The van der Waals surface area contributed by atoms with Crippen molar-refractivity contribution in [1.29, 1.82) is 0 Å². The van der Waals surface area contributed by atoms with Gasteiger partial charge in [0, 0.05) is 25.0 Å². The molecule has 18 heavy (non-hydrogen) atoms. The van der Waals surface area contributed by atoms with Crippen molar-refractivity contribution < 1.29 is 4.79 Å². The summed E-state index contributed by atoms with van der Waals surface area (Å²) in [5.74, 6) is 0.160. The van der Waals surface area contributed by atoms with E-state index in [1.54, 1.807) is 11.3 Å². The maximum atomic E-state index is 12.5. The summed E-state index contributed by atoms with van der Waals surface area (Å²) < 4.78 is 1.92. The van der Waals surface area contributed by atoms with E-state index in [2.05, 4.69) is 37.2 Å². The standard InChI is InChI=1S/C12H14Br2N2OS/c13-9-5-8(10(14)18-9)11(17)16-4-2-12(7-16)1-3-15-6-12/h5,15H,1-4,6-7H2. The van der Waals surface area contributed by atoms with Crippen LogP contribution in [0.4, 0.5) is 0 Å². The third-order valence-electron chi connectivity index (χ3n) is 3.94. The molecule has 6 heteroatoms. The van der Waals surface area contributed by atoms with Crippen LogP contribution in [0.3, 0.4) is 0 Å². The number of likely N-dealkylation sites (tertiary alicyclic amines) is 1. The highest BCUT2D eigenvalue weighted by molar-refractivity contribution is 9.12. The molecule has 1 aromatic heterocycles. The van der Waals surface area contributed by atoms with Crippen molar-refractivity contribution in [1.82, 2.24) is 10.2 Å². The van der Waals surface area contributed by atoms with Gasteiger partial charge < -0.3 is 10.2 Å². The fourth-order valence-electron chi connectivity index (χ4n) is 2.91. The van der Waals surface area contributed by atoms with Crippen LogP contribution in [0.1, 0.15) is 23.2 Å². The lowest BCUT2D eigenvalue weighted by atomic mass is 9.86. The number of rotatable bonds is 1. The highest BCUT2D eigenvalue weighted by atomic mass is 79.9. The Hall–Kier alpha value is 0.0900. The molecule has 1 aromatic rings. The van der Waals surface area contributed by atoms with Crippen molar-refractivity contribution in [2.24, 2.45) is 5.41 Å². The number of nitrogens with zero attached hydrogens (tertiary/aromatic N) is 1. The van der Waals surface area contributed by atoms with Gasteiger partial charge in [0.05, 0.1) is 13.1 Å². The summed E-state index contributed by atoms with van der Waals surface area (Å²) in [5, 5.41) is 3.42. The topological polar surface area (TPSA) is 32.3 Å². The molecule has 2 aliphatic heterocycles. The molecule has 0 aliphatic carbocycles. The van der Waals surface area contributed by atoms with Gasteiger partial charge in [0.15, 0.2) is 0 Å². The van der Waals surface area contributed by atoms with Gasteiger partial charge in [-0.3, -0.25) is 4.79 Å². The van der Waals surface area contributed by atoms with Gasteiger partial charge in [-0.05, 0) is 57.3 Å². The molecule has 2 saturated heterocycles. The number of carbonyl (C=O) groups excluding carboxylic acids is 1. The Bertz CT molecular complexity index is 482. The monoisotopic (exact) mass is 392 g/mol. The van der Waals surface area contributed by atoms with E-state index in [0.717, 1.165) is 45.7 Å². The summed E-state index contributed by atoms with van der Waals surface area (Å²) in [6.07, 6.45) is 2.33. The third-order valence-corrected chi connectivity index (χ3v) is 6.28. The van der Waals surface area contributed by atoms with Gasteiger partial charge in [0.25, 0.3) is 5.91 Å². The first-order valence-electron chi connectivity index (χ1n) is 6.05. The molecule has 3 nitrogen and oxygen atoms in total. The minimum absolute atomic E-state index is 0.160. The normalized spacial score (nSPS) is 27.3. The summed E-state index contributed by atoms with van der Waals surface area (Å²) in [6.45, 7) is 3.94. The van der Waals surface area contributed by atoms with Crippen molar-refractivity contribution in [3.63, 3.8) is 0 Å². The maximum absolute atomic E-state index is 12.5. The zero-order chi connectivity index (χ0) is 12.8. The second-order valence-electron chi connectivity index (χ2n) is 5.14. The van der Waals surface area contributed by atoms with E-state index in [4.69, 9.17) is 0 Å². The van der Waals surface area contributed by atoms with Gasteiger partial charge in [-0.1, -0.05) is 0 Å². The van der Waals surface area contributed by atoms with E-state index in [1.165, 1.54) is 6.42 Å². The van der Waals surface area contributed by atoms with Crippen molar-refractivity contribution in [3.8, 4) is 0 Å². The lowest BCUT2D eigenvalue weighted by Gasteiger charge is -2.22. The van der Waals surface area contributed by atoms with Gasteiger partial charge in [-0.2, -0.15) is 0 Å². The molecule has 1 unspecified atom stereocenters. The van der Waals surface area contributed by atoms with Crippen LogP contribution in [0, 0.1) is 5.41 Å². The SMILES string of the molecule is O=C(c1cc(Br)sc1Br)N1CCC2(CCNC2)C1. The number of nitrogens with one attached hydrogen (secondary N) is 1. The number of carbonyl (C=O) groups is 1. The first-order chi connectivity index (χ1) is 8.60. The second-order valence-corrected chi connectivity index (χ2v) is 8.89. The van der Waals surface area contributed by atoms with E-state index in [-0.39, 0.29) is 5.91 Å². The first-order valence-corrected chi connectivity index (χ1v) is 8.45. The highest BCUT2D eigenvalue weighted by Gasteiger charge is 2.42. The highest BCUT2D eigenvalue weighted by Crippen LogP contribution is 2.38. The van der Waals surface area contributed by atoms with Crippen LogP contribution in [-0.4, -0.2) is 37.0 Å². The maximum Gasteiger partial charge on any atom is 0.255 e. The molecule has 1 amide bonds. The number of amides is 1. The average molecular weight is 394 g/mol. The first kappa shape index (κ1) is 13.1. The van der Waals surface area contributed by atoms with Crippen LogP contribution in [-0.2, 0) is 0 Å². The number of halogens is 2. The summed E-state index contributed by atoms with van der Waals surface area (Å²) in [7, 11) is 0. The van der Waals surface area contributed by atoms with Gasteiger partial charge >= 0.3 is 0 Å². The summed E-state index contributed by atoms with van der Waals surface area (Å²) >= 11 is 8.45. The van der Waals surface area contributed by atoms with E-state index in [1.807, 2.05) is 11.0 Å². The predicted molar refractivity (Wildman–Crippen MR) is 80.2 cm³/mol. The van der Waals surface area contributed by atoms with Crippen LogP contribution in [0.2, 0.25) is 0 Å². The fourth-order valence-corrected chi connectivity index (χ4v) is 5.69. The molecule has 1 atom stereocenters. The van der Waals surface area contributed by atoms with E-state index < -0.39 is 0 Å². The number of hydrogen-bond acceptors (Lipinski definition) is 3. The van der Waals surface area contributed by atoms with E-state index >= 15 is 0 Å². The molecule has 0 bridgehead atoms. The Labute approximate surface area is 127 Å². The van der Waals surface area contributed by atoms with Crippen LogP contribution in [0.25, 0.3) is 0 Å². The van der Waals surface area contributed by atoms with Gasteiger partial charge in [-0.25, -0.2) is 0 Å². The number of thiophene rings is 1. The molecule has 2 fully saturated rings. The summed E-state index contributed by atoms with van der Waals surface area (Å²) in [4.78, 5) is 14.5. The number of hydrogen-bond donors (Lipinski definition) is 1. The van der Waals surface area contributed by atoms with Crippen LogP contribution >= 0.6 is 43.2 Å². The van der Waals surface area contributed by atoms with Gasteiger partial charge in [-0.15, -0.1) is 11.3 Å². The molecule has 3 rings (SSSR count). The molecule has 0 saturated carbocycles. The average Bonchev–Trinajstić information content (AvgIpc) is 3.02. The molecule has 0 aromatic carbocycles. The smallest absolute Gasteiger partial charge is 0.255 e. The minimum Gasteiger partial charge on any atom is -0.338 e. The Morgan fingerprint density at radius 2 is 2.28 bits per heavy atom. The lowest BCUT2D eigenvalue weighted by molar-refractivity contribution is 0.0775. The predicted octanol–water partition coefficient (Wildman–Crippen LogP) is 3.10. The van der Waals surface area contributed by atoms with E-state index in [0.29, 0.717) is 5.41 Å². The molecular weight excluding hydrogens is 380 g/mol. The Morgan fingerprint density at radius 3 is 2.89 bits per heavy atom. The van der Waals surface area contributed by atoms with Crippen LogP contribution in [0.5, 0.6) is 0 Å². The lowest BCUT2D eigenvalue weighted by Crippen LogP contribution is -2.33. The largest absolute Gasteiger partial charge is 0.338 e. The Morgan fingerprint density at radius 1 is 1.44 bits per heavy atom. The third kappa shape index (κ3) is 2.28. The van der Waals surface area contributed by atoms with Crippen molar-refractivity contribution in [2.45, 2.75) is 12.8 Å². The van der Waals surface area contributed by atoms with Crippen LogP contribution in [0.15, 0.2) is 13.6 Å². The minimum atomic E-state index is 0.160. The van der Waals surface area contributed by atoms with Crippen LogP contribution < -0.4 is 5.32 Å². The molecule has 98 valence electrons. The summed E-state index contributed by atoms with van der Waals surface area (Å²) in [5.41, 5.74) is 1.13. The molecule has 2 aliphatic rings. The van der Waals surface area contributed by atoms with Gasteiger partial charge in [0.1, 0.15) is 0 Å². The fraction of sp³-hybridized carbons (Fsp3) is 0.583. The molecule has 1 spiro atoms. The zero-order valence-electron chi connectivity index (χ0n) is 9.84. The second kappa shape index (κ2) is 4.89. The molecule has 3 heterocycles. The van der Waals surface area contributed by atoms with Gasteiger partial charge in [0.2, 0.25) is 0 Å². The molecule has 0 radical (unpaired) electrons. The zero-order valence-corrected chi connectivity index (χ0v) is 13.8. The Balaban J connectivity index is 1.76. The van der Waals surface area contributed by atoms with Crippen molar-refractivity contribution >= 4 is 49.1 Å². The Kier molecular flexibility index (Phi) is 3.55.